The quantitative estimate of drug-likeness (QED) is 0.909. The van der Waals surface area contributed by atoms with E-state index in [1.807, 2.05) is 37.3 Å². The van der Waals surface area contributed by atoms with Gasteiger partial charge in [-0.05, 0) is 38.3 Å². The molecule has 6 nitrogen and oxygen atoms in total. The van der Waals surface area contributed by atoms with Crippen LogP contribution in [0.4, 0.5) is 5.95 Å². The first kappa shape index (κ1) is 17.2. The maximum Gasteiger partial charge on any atom is 0.228 e. The van der Waals surface area contributed by atoms with Gasteiger partial charge in [0.15, 0.2) is 0 Å². The topological polar surface area (TPSA) is 67.7 Å². The summed E-state index contributed by atoms with van der Waals surface area (Å²) >= 11 is 0. The molecule has 0 saturated carbocycles. The number of aromatic nitrogens is 2. The van der Waals surface area contributed by atoms with Gasteiger partial charge in [-0.2, -0.15) is 4.98 Å². The third kappa shape index (κ3) is 3.52. The van der Waals surface area contributed by atoms with Crippen LogP contribution in [0.1, 0.15) is 26.2 Å². The van der Waals surface area contributed by atoms with Crippen LogP contribution in [0, 0.1) is 5.92 Å². The van der Waals surface area contributed by atoms with Gasteiger partial charge in [0.25, 0.3) is 0 Å². The molecule has 2 aliphatic rings. The van der Waals surface area contributed by atoms with Gasteiger partial charge in [-0.3, -0.25) is 0 Å². The minimum Gasteiger partial charge on any atom is -0.439 e. The molecule has 0 spiro atoms. The Morgan fingerprint density at radius 3 is 2.92 bits per heavy atom. The van der Waals surface area contributed by atoms with Crippen molar-refractivity contribution in [3.05, 3.63) is 42.6 Å². The number of nitrogens with zero attached hydrogens (tertiary/aromatic N) is 3. The second-order valence-electron chi connectivity index (χ2n) is 7.30. The van der Waals surface area contributed by atoms with Crippen molar-refractivity contribution in [2.45, 2.75) is 37.8 Å². The molecule has 0 amide bonds. The van der Waals surface area contributed by atoms with Crippen molar-refractivity contribution >= 4 is 5.95 Å². The zero-order valence-corrected chi connectivity index (χ0v) is 15.0. The zero-order valence-electron chi connectivity index (χ0n) is 15.0. The molecule has 138 valence electrons. The van der Waals surface area contributed by atoms with Crippen LogP contribution < -0.4 is 9.64 Å². The maximum absolute atomic E-state index is 10.8. The molecule has 2 fully saturated rings. The van der Waals surface area contributed by atoms with Gasteiger partial charge in [-0.25, -0.2) is 4.98 Å². The molecule has 0 radical (unpaired) electrons. The molecule has 4 rings (SSSR count). The van der Waals surface area contributed by atoms with Gasteiger partial charge in [0.05, 0.1) is 12.2 Å². The summed E-state index contributed by atoms with van der Waals surface area (Å²) in [6.45, 7) is 4.00. The van der Waals surface area contributed by atoms with E-state index in [9.17, 15) is 5.11 Å². The Balaban J connectivity index is 1.55. The molecule has 2 aliphatic heterocycles. The molecule has 1 aromatic carbocycles. The molecule has 0 bridgehead atoms. The Labute approximate surface area is 153 Å². The van der Waals surface area contributed by atoms with Crippen molar-refractivity contribution < 1.29 is 14.6 Å². The Bertz CT molecular complexity index is 738. The van der Waals surface area contributed by atoms with Gasteiger partial charge in [0.2, 0.25) is 11.8 Å². The van der Waals surface area contributed by atoms with Crippen molar-refractivity contribution in [3.8, 4) is 11.6 Å². The van der Waals surface area contributed by atoms with Crippen LogP contribution in [0.3, 0.4) is 0 Å². The fourth-order valence-corrected chi connectivity index (χ4v) is 3.98. The number of benzene rings is 1. The van der Waals surface area contributed by atoms with Crippen LogP contribution in [-0.2, 0) is 4.74 Å². The lowest BCUT2D eigenvalue weighted by molar-refractivity contribution is -0.108. The average Bonchev–Trinajstić information content (AvgIpc) is 3.12. The number of hydrogen-bond acceptors (Lipinski definition) is 6. The average molecular weight is 355 g/mol. The van der Waals surface area contributed by atoms with Crippen molar-refractivity contribution in [1.82, 2.24) is 9.97 Å². The predicted molar refractivity (Wildman–Crippen MR) is 98.5 cm³/mol. The fourth-order valence-electron chi connectivity index (χ4n) is 3.98. The minimum atomic E-state index is -0.719. The van der Waals surface area contributed by atoms with Crippen molar-refractivity contribution in [2.24, 2.45) is 5.92 Å². The second-order valence-corrected chi connectivity index (χ2v) is 7.30. The molecule has 0 unspecified atom stereocenters. The van der Waals surface area contributed by atoms with E-state index in [1.165, 1.54) is 0 Å². The summed E-state index contributed by atoms with van der Waals surface area (Å²) in [5.41, 5.74) is -0.719. The van der Waals surface area contributed by atoms with E-state index in [1.54, 1.807) is 12.3 Å². The Kier molecular flexibility index (Phi) is 4.78. The van der Waals surface area contributed by atoms with Crippen LogP contribution in [-0.4, -0.2) is 46.5 Å². The van der Waals surface area contributed by atoms with Gasteiger partial charge in [-0.15, -0.1) is 0 Å². The zero-order chi connectivity index (χ0) is 18.0. The highest BCUT2D eigenvalue weighted by atomic mass is 16.5. The van der Waals surface area contributed by atoms with Gasteiger partial charge in [0.1, 0.15) is 5.75 Å². The summed E-state index contributed by atoms with van der Waals surface area (Å²) in [4.78, 5) is 11.3. The lowest BCUT2D eigenvalue weighted by Crippen LogP contribution is -2.52. The number of para-hydroxylation sites is 1. The van der Waals surface area contributed by atoms with E-state index < -0.39 is 5.60 Å². The summed E-state index contributed by atoms with van der Waals surface area (Å²) in [6, 6.07) is 11.6. The third-order valence-electron chi connectivity index (χ3n) is 5.45. The largest absolute Gasteiger partial charge is 0.439 e. The van der Waals surface area contributed by atoms with Crippen LogP contribution >= 0.6 is 0 Å². The Morgan fingerprint density at radius 1 is 1.27 bits per heavy atom. The molecule has 2 aromatic rings. The molecule has 26 heavy (non-hydrogen) atoms. The van der Waals surface area contributed by atoms with Gasteiger partial charge < -0.3 is 19.5 Å². The fraction of sp³-hybridized carbons (Fsp3) is 0.500. The lowest BCUT2D eigenvalue weighted by Gasteiger charge is -2.43. The molecule has 6 heteroatoms. The highest BCUT2D eigenvalue weighted by Crippen LogP contribution is 2.37. The van der Waals surface area contributed by atoms with E-state index in [0.717, 1.165) is 25.1 Å². The number of hydrogen-bond donors (Lipinski definition) is 1. The molecular formula is C20H25N3O3. The lowest BCUT2D eigenvalue weighted by atomic mass is 9.79. The summed E-state index contributed by atoms with van der Waals surface area (Å²) in [5.74, 6) is 1.99. The van der Waals surface area contributed by atoms with Crippen LogP contribution in [0.5, 0.6) is 11.6 Å². The van der Waals surface area contributed by atoms with Gasteiger partial charge in [0, 0.05) is 37.4 Å². The molecular weight excluding hydrogens is 330 g/mol. The maximum atomic E-state index is 10.8. The molecule has 2 saturated heterocycles. The molecule has 1 N–H and O–H groups in total. The Morgan fingerprint density at radius 2 is 2.12 bits per heavy atom. The van der Waals surface area contributed by atoms with Gasteiger partial charge in [-0.1, -0.05) is 18.2 Å². The third-order valence-corrected chi connectivity index (χ3v) is 5.45. The summed E-state index contributed by atoms with van der Waals surface area (Å²) < 4.78 is 11.5. The van der Waals surface area contributed by atoms with E-state index in [0.29, 0.717) is 31.5 Å². The summed E-state index contributed by atoms with van der Waals surface area (Å²) in [6.07, 6.45) is 4.47. The van der Waals surface area contributed by atoms with Crippen molar-refractivity contribution in [1.29, 1.82) is 0 Å². The minimum absolute atomic E-state index is 0.0565. The Hall–Kier alpha value is -2.18. The molecule has 3 heterocycles. The normalized spacial score (nSPS) is 28.9. The number of anilines is 1. The number of rotatable bonds is 4. The predicted octanol–water partition coefficient (Wildman–Crippen LogP) is 3.03. The second kappa shape index (κ2) is 7.21. The summed E-state index contributed by atoms with van der Waals surface area (Å²) in [5, 5.41) is 10.8. The highest BCUT2D eigenvalue weighted by molar-refractivity contribution is 5.37. The first-order valence-electron chi connectivity index (χ1n) is 9.26. The van der Waals surface area contributed by atoms with Gasteiger partial charge >= 0.3 is 0 Å². The van der Waals surface area contributed by atoms with Crippen LogP contribution in [0.25, 0.3) is 0 Å². The van der Waals surface area contributed by atoms with E-state index >= 15 is 0 Å². The molecule has 0 aliphatic carbocycles. The number of ether oxygens (including phenoxy) is 2. The smallest absolute Gasteiger partial charge is 0.228 e. The first-order chi connectivity index (χ1) is 12.6. The van der Waals surface area contributed by atoms with Crippen molar-refractivity contribution in [2.75, 3.05) is 24.7 Å². The van der Waals surface area contributed by atoms with Crippen molar-refractivity contribution in [3.63, 3.8) is 0 Å². The van der Waals surface area contributed by atoms with E-state index in [-0.39, 0.29) is 12.0 Å². The summed E-state index contributed by atoms with van der Waals surface area (Å²) in [7, 11) is 0. The molecule has 1 aromatic heterocycles. The SMILES string of the molecule is C[C@]1(O)CCOC[C@H]1[C@H]1CCCN1c1nccc(Oc2ccccc2)n1. The van der Waals surface area contributed by atoms with E-state index in [2.05, 4.69) is 14.9 Å². The molecule has 3 atom stereocenters. The highest BCUT2D eigenvalue weighted by Gasteiger charge is 2.44. The van der Waals surface area contributed by atoms with Crippen LogP contribution in [0.2, 0.25) is 0 Å². The van der Waals surface area contributed by atoms with E-state index in [4.69, 9.17) is 9.47 Å². The first-order valence-corrected chi connectivity index (χ1v) is 9.26. The monoisotopic (exact) mass is 355 g/mol. The standard InChI is InChI=1S/C20H25N3O3/c1-20(24)10-13-25-14-16(20)17-8-5-12-23(17)19-21-11-9-18(22-19)26-15-6-3-2-4-7-15/h2-4,6-7,9,11,16-17,24H,5,8,10,12-14H2,1H3/t16-,17+,20-/m0/s1. The van der Waals surface area contributed by atoms with Crippen LogP contribution in [0.15, 0.2) is 42.6 Å². The number of aliphatic hydroxyl groups is 1.